The second kappa shape index (κ2) is 10.3. The number of rotatable bonds is 7. The largest absolute Gasteiger partial charge is 0.508 e. The average Bonchev–Trinajstić information content (AvgIpc) is 3.52. The summed E-state index contributed by atoms with van der Waals surface area (Å²) < 4.78 is 0. The van der Waals surface area contributed by atoms with Crippen LogP contribution in [0.15, 0.2) is 70.9 Å². The molecule has 5 rings (SSSR count). The fourth-order valence-electron chi connectivity index (χ4n) is 3.87. The fourth-order valence-corrected chi connectivity index (χ4v) is 3.87. The molecule has 3 N–H and O–H groups in total. The quantitative estimate of drug-likeness (QED) is 0.219. The Bertz CT molecular complexity index is 1540. The first-order chi connectivity index (χ1) is 18.4. The number of aryl methyl sites for hydroxylation is 2. The molecule has 0 radical (unpaired) electrons. The summed E-state index contributed by atoms with van der Waals surface area (Å²) in [6.45, 7) is 3.44. The molecule has 0 aliphatic heterocycles. The molecule has 3 aromatic carbocycles. The van der Waals surface area contributed by atoms with Crippen molar-refractivity contribution in [1.82, 2.24) is 40.6 Å². The Morgan fingerprint density at radius 1 is 0.684 bits per heavy atom. The van der Waals surface area contributed by atoms with E-state index in [1.165, 1.54) is 9.58 Å². The summed E-state index contributed by atoms with van der Waals surface area (Å²) in [5.74, 6) is 0.548. The molecular formula is C25H22N10O3. The molecule has 38 heavy (non-hydrogen) atoms. The molecule has 0 aliphatic carbocycles. The Morgan fingerprint density at radius 2 is 1.16 bits per heavy atom. The molecule has 0 spiro atoms. The second-order valence-electron chi connectivity index (χ2n) is 8.38. The average molecular weight is 511 g/mol. The van der Waals surface area contributed by atoms with Crippen LogP contribution in [0.4, 0.5) is 0 Å². The first-order valence-electron chi connectivity index (χ1n) is 11.4. The Morgan fingerprint density at radius 3 is 1.58 bits per heavy atom. The molecule has 0 aliphatic rings. The van der Waals surface area contributed by atoms with E-state index in [9.17, 15) is 15.3 Å². The van der Waals surface area contributed by atoms with Gasteiger partial charge in [-0.25, -0.2) is 0 Å². The molecule has 1 unspecified atom stereocenters. The highest BCUT2D eigenvalue weighted by Gasteiger charge is 2.24. The molecule has 0 fully saturated rings. The maximum Gasteiger partial charge on any atom is 0.173 e. The van der Waals surface area contributed by atoms with Gasteiger partial charge in [-0.1, -0.05) is 12.1 Å². The number of aromatic hydroxyl groups is 3. The van der Waals surface area contributed by atoms with Gasteiger partial charge < -0.3 is 15.3 Å². The lowest BCUT2D eigenvalue weighted by atomic mass is 9.83. The lowest BCUT2D eigenvalue weighted by molar-refractivity contribution is 0.458. The summed E-state index contributed by atoms with van der Waals surface area (Å²) in [4.78, 5) is 2.57. The van der Waals surface area contributed by atoms with Crippen molar-refractivity contribution in [2.24, 2.45) is 10.2 Å². The number of phenolic OH excluding ortho intramolecular Hbond substituents is 3. The van der Waals surface area contributed by atoms with Crippen LogP contribution in [-0.4, -0.2) is 68.4 Å². The molecule has 13 nitrogen and oxygen atoms in total. The van der Waals surface area contributed by atoms with Gasteiger partial charge in [0.1, 0.15) is 17.2 Å². The van der Waals surface area contributed by atoms with Crippen LogP contribution in [0.25, 0.3) is 0 Å². The van der Waals surface area contributed by atoms with Gasteiger partial charge in [0.25, 0.3) is 0 Å². The van der Waals surface area contributed by atoms with E-state index in [4.69, 9.17) is 0 Å². The number of benzene rings is 3. The van der Waals surface area contributed by atoms with Gasteiger partial charge in [-0.15, -0.1) is 19.8 Å². The van der Waals surface area contributed by atoms with Crippen LogP contribution in [0.5, 0.6) is 17.2 Å². The van der Waals surface area contributed by atoms with Gasteiger partial charge in [0, 0.05) is 17.0 Å². The van der Waals surface area contributed by atoms with Crippen LogP contribution in [-0.2, 0) is 0 Å². The maximum absolute atomic E-state index is 10.9. The summed E-state index contributed by atoms with van der Waals surface area (Å²) in [5.41, 5.74) is 3.08. The van der Waals surface area contributed by atoms with Crippen LogP contribution in [0.1, 0.15) is 45.4 Å². The van der Waals surface area contributed by atoms with E-state index < -0.39 is 5.92 Å². The summed E-state index contributed by atoms with van der Waals surface area (Å²) in [5, 5.41) is 62.6. The zero-order valence-electron chi connectivity index (χ0n) is 20.3. The van der Waals surface area contributed by atoms with Crippen molar-refractivity contribution in [2.75, 3.05) is 0 Å². The first-order valence-corrected chi connectivity index (χ1v) is 11.4. The third-order valence-corrected chi connectivity index (χ3v) is 5.79. The molecule has 0 bridgehead atoms. The fraction of sp³-hybridized carbons (Fsp3) is 0.120. The zero-order chi connectivity index (χ0) is 26.6. The van der Waals surface area contributed by atoms with Crippen LogP contribution in [0.2, 0.25) is 0 Å². The van der Waals surface area contributed by atoms with Crippen molar-refractivity contribution in [3.05, 3.63) is 100 Å². The number of nitrogens with zero attached hydrogens (tertiary/aromatic N) is 10. The van der Waals surface area contributed by atoms with Crippen molar-refractivity contribution in [3.63, 3.8) is 0 Å². The first kappa shape index (κ1) is 24.2. The molecule has 2 heterocycles. The molecule has 0 saturated heterocycles. The molecule has 1 atom stereocenters. The van der Waals surface area contributed by atoms with Gasteiger partial charge in [-0.05, 0) is 99.9 Å². The van der Waals surface area contributed by atoms with E-state index in [-0.39, 0.29) is 17.2 Å². The maximum atomic E-state index is 10.9. The van der Waals surface area contributed by atoms with Gasteiger partial charge in [-0.3, -0.25) is 0 Å². The highest BCUT2D eigenvalue weighted by molar-refractivity contribution is 5.82. The molecule has 0 amide bonds. The Labute approximate surface area is 216 Å². The van der Waals surface area contributed by atoms with Crippen molar-refractivity contribution < 1.29 is 15.3 Å². The number of hydrogen-bond donors (Lipinski definition) is 3. The molecular weight excluding hydrogens is 488 g/mol. The highest BCUT2D eigenvalue weighted by Crippen LogP contribution is 2.41. The van der Waals surface area contributed by atoms with E-state index in [1.54, 1.807) is 86.9 Å². The normalized spacial score (nSPS) is 12.5. The van der Waals surface area contributed by atoms with Crippen molar-refractivity contribution in [1.29, 1.82) is 0 Å². The van der Waals surface area contributed by atoms with Crippen molar-refractivity contribution in [2.45, 2.75) is 19.8 Å². The van der Waals surface area contributed by atoms with Crippen LogP contribution in [0, 0.1) is 13.8 Å². The topological polar surface area (TPSA) is 173 Å². The number of tetrazole rings is 2. The highest BCUT2D eigenvalue weighted by atomic mass is 16.3. The summed E-state index contributed by atoms with van der Waals surface area (Å²) in [7, 11) is 0. The minimum atomic E-state index is -0.609. The number of phenols is 3. The van der Waals surface area contributed by atoms with E-state index in [0.29, 0.717) is 33.9 Å². The SMILES string of the molecule is Cc1nnnn1N=Cc1ccc(O)c(C(c2ccc(O)cc2)c2cc(/C=N/n3nnnc3C)ccc2O)c1. The van der Waals surface area contributed by atoms with Crippen molar-refractivity contribution in [3.8, 4) is 17.2 Å². The smallest absolute Gasteiger partial charge is 0.173 e. The van der Waals surface area contributed by atoms with E-state index in [0.717, 1.165) is 5.56 Å². The van der Waals surface area contributed by atoms with Crippen LogP contribution >= 0.6 is 0 Å². The van der Waals surface area contributed by atoms with Crippen molar-refractivity contribution >= 4 is 12.4 Å². The molecule has 5 aromatic rings. The number of aromatic nitrogens is 8. The van der Waals surface area contributed by atoms with Gasteiger partial charge in [0.15, 0.2) is 11.6 Å². The summed E-state index contributed by atoms with van der Waals surface area (Å²) >= 11 is 0. The molecule has 0 saturated carbocycles. The standard InChI is InChI=1S/C25H22N10O3/c1-15-28-30-32-34(15)26-13-17-3-9-23(37)21(11-17)25(19-5-7-20(36)8-6-19)22-12-18(4-10-24(22)38)14-27-35-16(2)29-31-33-35/h3-14,25,36-38H,1-2H3/b26-13+,27-14?. The summed E-state index contributed by atoms with van der Waals surface area (Å²) in [6, 6.07) is 16.6. The van der Waals surface area contributed by atoms with Crippen LogP contribution in [0.3, 0.4) is 0 Å². The van der Waals surface area contributed by atoms with Gasteiger partial charge >= 0.3 is 0 Å². The zero-order valence-corrected chi connectivity index (χ0v) is 20.3. The van der Waals surface area contributed by atoms with Gasteiger partial charge in [0.05, 0.1) is 12.4 Å². The Kier molecular flexibility index (Phi) is 6.55. The lowest BCUT2D eigenvalue weighted by Crippen LogP contribution is -2.06. The lowest BCUT2D eigenvalue weighted by Gasteiger charge is -2.22. The minimum Gasteiger partial charge on any atom is -0.508 e. The van der Waals surface area contributed by atoms with E-state index in [1.807, 2.05) is 0 Å². The minimum absolute atomic E-state index is 0.0154. The predicted octanol–water partition coefficient (Wildman–Crippen LogP) is 2.34. The third kappa shape index (κ3) is 5.06. The second-order valence-corrected chi connectivity index (χ2v) is 8.38. The Balaban J connectivity index is 1.60. The third-order valence-electron chi connectivity index (χ3n) is 5.79. The monoisotopic (exact) mass is 510 g/mol. The van der Waals surface area contributed by atoms with E-state index >= 15 is 0 Å². The molecule has 13 heteroatoms. The summed E-state index contributed by atoms with van der Waals surface area (Å²) in [6.07, 6.45) is 3.13. The number of hydrogen-bond acceptors (Lipinski definition) is 11. The molecule has 2 aromatic heterocycles. The molecule has 190 valence electrons. The van der Waals surface area contributed by atoms with Gasteiger partial charge in [0.2, 0.25) is 0 Å². The van der Waals surface area contributed by atoms with Gasteiger partial charge in [-0.2, -0.15) is 10.2 Å². The van der Waals surface area contributed by atoms with E-state index in [2.05, 4.69) is 41.3 Å². The van der Waals surface area contributed by atoms with Crippen LogP contribution < -0.4 is 0 Å². The predicted molar refractivity (Wildman–Crippen MR) is 136 cm³/mol. The Hall–Kier alpha value is -5.46.